The van der Waals surface area contributed by atoms with Gasteiger partial charge in [-0.2, -0.15) is 5.10 Å². The summed E-state index contributed by atoms with van der Waals surface area (Å²) >= 11 is 0. The number of likely N-dealkylation sites (N-methyl/N-ethyl adjacent to an activating group) is 1. The predicted molar refractivity (Wildman–Crippen MR) is 113 cm³/mol. The molecule has 0 aliphatic rings. The molecular formula is C20H28N6O3. The first-order valence-corrected chi connectivity index (χ1v) is 9.39. The van der Waals surface area contributed by atoms with Crippen molar-refractivity contribution in [1.82, 2.24) is 14.7 Å². The van der Waals surface area contributed by atoms with Gasteiger partial charge in [0.05, 0.1) is 30.2 Å². The van der Waals surface area contributed by atoms with Crippen LogP contribution in [0.1, 0.15) is 25.2 Å². The largest absolute Gasteiger partial charge is 0.326 e. The van der Waals surface area contributed by atoms with E-state index in [9.17, 15) is 14.4 Å². The van der Waals surface area contributed by atoms with Crippen molar-refractivity contribution in [3.8, 4) is 0 Å². The van der Waals surface area contributed by atoms with Crippen molar-refractivity contribution < 1.29 is 14.4 Å². The maximum atomic E-state index is 12.4. The number of carbonyl (C=O) groups is 3. The van der Waals surface area contributed by atoms with Crippen molar-refractivity contribution in [3.63, 3.8) is 0 Å². The molecule has 2 aromatic rings. The van der Waals surface area contributed by atoms with Gasteiger partial charge in [-0.25, -0.2) is 0 Å². The third-order valence-electron chi connectivity index (χ3n) is 4.44. The van der Waals surface area contributed by atoms with Crippen LogP contribution in [0.3, 0.4) is 0 Å². The summed E-state index contributed by atoms with van der Waals surface area (Å²) in [6.45, 7) is 7.78. The summed E-state index contributed by atoms with van der Waals surface area (Å²) < 4.78 is 1.72. The molecule has 9 nitrogen and oxygen atoms in total. The van der Waals surface area contributed by atoms with E-state index in [2.05, 4.69) is 21.0 Å². The van der Waals surface area contributed by atoms with Gasteiger partial charge >= 0.3 is 0 Å². The van der Waals surface area contributed by atoms with Crippen molar-refractivity contribution in [1.29, 1.82) is 0 Å². The van der Waals surface area contributed by atoms with Gasteiger partial charge < -0.3 is 16.0 Å². The lowest BCUT2D eigenvalue weighted by Gasteiger charge is -2.19. The van der Waals surface area contributed by atoms with Crippen molar-refractivity contribution in [2.75, 3.05) is 35.6 Å². The Hall–Kier alpha value is -3.20. The van der Waals surface area contributed by atoms with Gasteiger partial charge in [0, 0.05) is 25.3 Å². The van der Waals surface area contributed by atoms with Crippen molar-refractivity contribution in [2.24, 2.45) is 7.05 Å². The molecule has 156 valence electrons. The third kappa shape index (κ3) is 6.42. The Morgan fingerprint density at radius 2 is 1.48 bits per heavy atom. The van der Waals surface area contributed by atoms with E-state index in [1.165, 1.54) is 6.92 Å². The molecule has 0 aliphatic carbocycles. The first-order chi connectivity index (χ1) is 13.7. The van der Waals surface area contributed by atoms with Crippen molar-refractivity contribution >= 4 is 34.8 Å². The first kappa shape index (κ1) is 22.1. The topological polar surface area (TPSA) is 108 Å². The molecule has 1 aromatic heterocycles. The lowest BCUT2D eigenvalue weighted by Crippen LogP contribution is -2.38. The van der Waals surface area contributed by atoms with Crippen LogP contribution in [0.4, 0.5) is 17.1 Å². The minimum atomic E-state index is -0.222. The van der Waals surface area contributed by atoms with E-state index in [0.717, 1.165) is 11.4 Å². The van der Waals surface area contributed by atoms with Crippen LogP contribution in [0.2, 0.25) is 0 Å². The van der Waals surface area contributed by atoms with E-state index in [1.54, 1.807) is 33.8 Å². The Kier molecular flexibility index (Phi) is 7.49. The Morgan fingerprint density at radius 1 is 0.966 bits per heavy atom. The molecule has 29 heavy (non-hydrogen) atoms. The summed E-state index contributed by atoms with van der Waals surface area (Å²) in [7, 11) is 1.82. The molecule has 0 aliphatic heterocycles. The number of amides is 3. The molecular weight excluding hydrogens is 372 g/mol. The Morgan fingerprint density at radius 3 is 1.93 bits per heavy atom. The van der Waals surface area contributed by atoms with Crippen LogP contribution in [0.15, 0.2) is 24.3 Å². The summed E-state index contributed by atoms with van der Waals surface area (Å²) in [5, 5.41) is 12.6. The summed E-state index contributed by atoms with van der Waals surface area (Å²) in [4.78, 5) is 37.5. The second-order valence-corrected chi connectivity index (χ2v) is 6.83. The maximum absolute atomic E-state index is 12.4. The fourth-order valence-corrected chi connectivity index (χ4v) is 2.86. The Labute approximate surface area is 170 Å². The number of nitrogens with zero attached hydrogens (tertiary/aromatic N) is 3. The summed E-state index contributed by atoms with van der Waals surface area (Å²) in [5.74, 6) is -0.575. The van der Waals surface area contributed by atoms with E-state index >= 15 is 0 Å². The van der Waals surface area contributed by atoms with E-state index in [0.29, 0.717) is 23.6 Å². The highest BCUT2D eigenvalue weighted by molar-refractivity contribution is 5.95. The lowest BCUT2D eigenvalue weighted by atomic mass is 10.2. The highest BCUT2D eigenvalue weighted by Crippen LogP contribution is 2.18. The number of carbonyl (C=O) groups excluding carboxylic acids is 3. The number of aromatic nitrogens is 2. The molecule has 0 radical (unpaired) electrons. The van der Waals surface area contributed by atoms with E-state index in [-0.39, 0.29) is 30.8 Å². The van der Waals surface area contributed by atoms with Gasteiger partial charge in [-0.15, -0.1) is 0 Å². The molecule has 9 heteroatoms. The quantitative estimate of drug-likeness (QED) is 0.627. The third-order valence-corrected chi connectivity index (χ3v) is 4.44. The minimum Gasteiger partial charge on any atom is -0.326 e. The van der Waals surface area contributed by atoms with Gasteiger partial charge in [0.1, 0.15) is 0 Å². The van der Waals surface area contributed by atoms with Gasteiger partial charge in [-0.1, -0.05) is 6.92 Å². The molecule has 0 fully saturated rings. The van der Waals surface area contributed by atoms with Crippen LogP contribution in [-0.2, 0) is 21.4 Å². The summed E-state index contributed by atoms with van der Waals surface area (Å²) in [6, 6.07) is 6.83. The maximum Gasteiger partial charge on any atom is 0.238 e. The Balaban J connectivity index is 1.89. The number of benzene rings is 1. The molecule has 1 heterocycles. The number of hydrogen-bond acceptors (Lipinski definition) is 5. The monoisotopic (exact) mass is 400 g/mol. The number of rotatable bonds is 8. The highest BCUT2D eigenvalue weighted by Gasteiger charge is 2.16. The number of nitrogens with one attached hydrogen (secondary N) is 3. The molecule has 3 N–H and O–H groups in total. The molecule has 0 spiro atoms. The van der Waals surface area contributed by atoms with E-state index in [4.69, 9.17) is 0 Å². The molecule has 0 unspecified atom stereocenters. The van der Waals surface area contributed by atoms with Gasteiger partial charge in [-0.05, 0) is 44.7 Å². The van der Waals surface area contributed by atoms with Gasteiger partial charge in [0.15, 0.2) is 0 Å². The fourth-order valence-electron chi connectivity index (χ4n) is 2.86. The van der Waals surface area contributed by atoms with Crippen LogP contribution in [-0.4, -0.2) is 52.0 Å². The normalized spacial score (nSPS) is 10.7. The SMILES string of the molecule is CCN(CC(=O)Nc1ccc(NC(C)=O)cc1)CC(=O)Nc1c(C)nn(C)c1C. The van der Waals surface area contributed by atoms with Gasteiger partial charge in [0.2, 0.25) is 17.7 Å². The van der Waals surface area contributed by atoms with Crippen LogP contribution >= 0.6 is 0 Å². The van der Waals surface area contributed by atoms with Crippen molar-refractivity contribution in [2.45, 2.75) is 27.7 Å². The number of aryl methyl sites for hydroxylation is 2. The fraction of sp³-hybridized carbons (Fsp3) is 0.400. The van der Waals surface area contributed by atoms with Gasteiger partial charge in [0.25, 0.3) is 0 Å². The van der Waals surface area contributed by atoms with Crippen molar-refractivity contribution in [3.05, 3.63) is 35.7 Å². The number of hydrogen-bond donors (Lipinski definition) is 3. The zero-order valence-electron chi connectivity index (χ0n) is 17.5. The highest BCUT2D eigenvalue weighted by atomic mass is 16.2. The number of anilines is 3. The molecule has 0 atom stereocenters. The zero-order valence-corrected chi connectivity index (χ0v) is 17.5. The minimum absolute atomic E-state index is 0.0857. The standard InChI is InChI=1S/C20H28N6O3/c1-6-26(12-19(29)23-20-13(2)24-25(5)14(20)3)11-18(28)22-17-9-7-16(8-10-17)21-15(4)27/h7-10H,6,11-12H2,1-5H3,(H,21,27)(H,22,28)(H,23,29). The second-order valence-electron chi connectivity index (χ2n) is 6.83. The second kappa shape index (κ2) is 9.83. The zero-order chi connectivity index (χ0) is 21.6. The van der Waals surface area contributed by atoms with E-state index in [1.807, 2.05) is 27.8 Å². The first-order valence-electron chi connectivity index (χ1n) is 9.39. The summed E-state index contributed by atoms with van der Waals surface area (Å²) in [6.07, 6.45) is 0. The van der Waals surface area contributed by atoms with Crippen LogP contribution in [0, 0.1) is 13.8 Å². The average Bonchev–Trinajstić information content (AvgIpc) is 2.88. The smallest absolute Gasteiger partial charge is 0.238 e. The summed E-state index contributed by atoms with van der Waals surface area (Å²) in [5.41, 5.74) is 3.60. The molecule has 2 rings (SSSR count). The van der Waals surface area contributed by atoms with E-state index < -0.39 is 0 Å². The predicted octanol–water partition coefficient (Wildman–Crippen LogP) is 1.89. The van der Waals surface area contributed by atoms with Gasteiger partial charge in [-0.3, -0.25) is 24.0 Å². The van der Waals surface area contributed by atoms with Crippen LogP contribution in [0.5, 0.6) is 0 Å². The molecule has 0 saturated carbocycles. The Bertz CT molecular complexity index is 888. The molecule has 0 saturated heterocycles. The molecule has 3 amide bonds. The lowest BCUT2D eigenvalue weighted by molar-refractivity contribution is -0.120. The molecule has 0 bridgehead atoms. The van der Waals surface area contributed by atoms with Crippen LogP contribution in [0.25, 0.3) is 0 Å². The van der Waals surface area contributed by atoms with Crippen LogP contribution < -0.4 is 16.0 Å². The molecule has 1 aromatic carbocycles. The average molecular weight is 400 g/mol.